The van der Waals surface area contributed by atoms with Crippen LogP contribution in [0.1, 0.15) is 38.4 Å². The van der Waals surface area contributed by atoms with Crippen LogP contribution in [0, 0.1) is 11.8 Å². The summed E-state index contributed by atoms with van der Waals surface area (Å²) in [4.78, 5) is 30.9. The monoisotopic (exact) mass is 587 g/mol. The lowest BCUT2D eigenvalue weighted by molar-refractivity contribution is -0.146. The number of carbonyl (C=O) groups excluding carboxylic acids is 2. The second-order valence-corrected chi connectivity index (χ2v) is 12.0. The van der Waals surface area contributed by atoms with E-state index in [1.807, 2.05) is 49.4 Å². The molecule has 3 aliphatic rings. The number of nitrogens with zero attached hydrogens (tertiary/aromatic N) is 5. The van der Waals surface area contributed by atoms with Crippen LogP contribution in [0.25, 0.3) is 0 Å². The average molecular weight is 588 g/mol. The number of rotatable bonds is 9. The van der Waals surface area contributed by atoms with Crippen LogP contribution in [0.5, 0.6) is 5.75 Å². The number of benzene rings is 2. The number of aromatic nitrogens is 3. The zero-order valence-corrected chi connectivity index (χ0v) is 24.6. The molecule has 4 heterocycles. The van der Waals surface area contributed by atoms with Gasteiger partial charge < -0.3 is 24.6 Å². The van der Waals surface area contributed by atoms with Crippen molar-refractivity contribution >= 4 is 28.9 Å². The molecule has 0 aliphatic carbocycles. The number of ether oxygens (including phenoxy) is 2. The summed E-state index contributed by atoms with van der Waals surface area (Å²) in [5, 5.41) is 28.9. The van der Waals surface area contributed by atoms with E-state index in [2.05, 4.69) is 16.9 Å². The Morgan fingerprint density at radius 3 is 2.72 bits per heavy atom. The molecule has 0 radical (unpaired) electrons. The Labute approximate surface area is 250 Å². The summed E-state index contributed by atoms with van der Waals surface area (Å²) in [5.74, 6) is -0.654. The van der Waals surface area contributed by atoms with E-state index in [4.69, 9.17) is 9.47 Å². The van der Waals surface area contributed by atoms with E-state index in [0.717, 1.165) is 0 Å². The topological polar surface area (TPSA) is 130 Å². The number of aryl methyl sites for hydroxylation is 1. The molecule has 3 aromatic rings. The van der Waals surface area contributed by atoms with Gasteiger partial charge in [0.25, 0.3) is 11.8 Å². The number of para-hydroxylation sites is 2. The molecule has 0 saturated carbocycles. The first-order valence-electron chi connectivity index (χ1n) is 14.6. The van der Waals surface area contributed by atoms with Gasteiger partial charge in [-0.25, -0.2) is 0 Å². The molecule has 3 aliphatic heterocycles. The molecule has 226 valence electrons. The average Bonchev–Trinajstić information content (AvgIpc) is 3.62. The van der Waals surface area contributed by atoms with E-state index >= 15 is 0 Å². The van der Waals surface area contributed by atoms with Crippen LogP contribution in [-0.4, -0.2) is 68.5 Å². The third-order valence-electron chi connectivity index (χ3n) is 8.84. The number of aliphatic hydroxyl groups is 2. The van der Waals surface area contributed by atoms with Gasteiger partial charge in [0, 0.05) is 55.4 Å². The van der Waals surface area contributed by atoms with E-state index < -0.39 is 29.1 Å². The van der Waals surface area contributed by atoms with Crippen molar-refractivity contribution in [3.8, 4) is 5.75 Å². The first kappa shape index (κ1) is 29.0. The summed E-state index contributed by atoms with van der Waals surface area (Å²) >= 11 is 0. The number of amides is 2. The molecule has 0 unspecified atom stereocenters. The van der Waals surface area contributed by atoms with Gasteiger partial charge in [0.2, 0.25) is 0 Å². The maximum atomic E-state index is 14.4. The highest BCUT2D eigenvalue weighted by Crippen LogP contribution is 2.58. The number of anilines is 3. The van der Waals surface area contributed by atoms with E-state index in [0.29, 0.717) is 53.5 Å². The Bertz CT molecular complexity index is 1560. The van der Waals surface area contributed by atoms with Gasteiger partial charge in [-0.05, 0) is 50.6 Å². The Morgan fingerprint density at radius 1 is 1.19 bits per heavy atom. The minimum atomic E-state index is -1.39. The van der Waals surface area contributed by atoms with Crippen LogP contribution < -0.4 is 14.5 Å². The molecule has 1 aromatic heterocycles. The molecule has 4 atom stereocenters. The number of hydrogen-bond donors (Lipinski definition) is 2. The zero-order valence-electron chi connectivity index (χ0n) is 24.6. The molecule has 11 heteroatoms. The minimum Gasteiger partial charge on any atom is -0.482 e. The quantitative estimate of drug-likeness (QED) is 0.366. The molecule has 1 fully saturated rings. The first-order chi connectivity index (χ1) is 20.6. The van der Waals surface area contributed by atoms with Gasteiger partial charge in [0.05, 0.1) is 28.8 Å². The molecule has 2 N–H and O–H groups in total. The van der Waals surface area contributed by atoms with Gasteiger partial charge in [-0.15, -0.1) is 11.7 Å². The zero-order chi connectivity index (χ0) is 30.5. The second-order valence-electron chi connectivity index (χ2n) is 12.0. The van der Waals surface area contributed by atoms with Crippen molar-refractivity contribution in [2.45, 2.75) is 57.5 Å². The highest BCUT2D eigenvalue weighted by Gasteiger charge is 2.65. The Morgan fingerprint density at radius 2 is 1.98 bits per heavy atom. The Kier molecular flexibility index (Phi) is 7.35. The van der Waals surface area contributed by atoms with Gasteiger partial charge in [-0.3, -0.25) is 19.2 Å². The van der Waals surface area contributed by atoms with Crippen molar-refractivity contribution in [1.29, 1.82) is 0 Å². The van der Waals surface area contributed by atoms with Crippen LogP contribution in [0.4, 0.5) is 17.1 Å². The number of carbonyl (C=O) groups is 2. The highest BCUT2D eigenvalue weighted by atomic mass is 16.5. The Balaban J connectivity index is 1.42. The normalized spacial score (nSPS) is 24.8. The lowest BCUT2D eigenvalue weighted by atomic mass is 9.70. The fourth-order valence-corrected chi connectivity index (χ4v) is 7.11. The largest absolute Gasteiger partial charge is 0.482 e. The fourth-order valence-electron chi connectivity index (χ4n) is 7.11. The highest BCUT2D eigenvalue weighted by molar-refractivity contribution is 6.10. The summed E-state index contributed by atoms with van der Waals surface area (Å²) in [7, 11) is 0. The van der Waals surface area contributed by atoms with E-state index in [1.165, 1.54) is 0 Å². The molecule has 2 amide bonds. The molecule has 1 saturated heterocycles. The molecule has 6 rings (SSSR count). The van der Waals surface area contributed by atoms with Crippen LogP contribution >= 0.6 is 0 Å². The molecular weight excluding hydrogens is 550 g/mol. The van der Waals surface area contributed by atoms with Crippen LogP contribution in [0.3, 0.4) is 0 Å². The molecular formula is C32H37N5O6. The summed E-state index contributed by atoms with van der Waals surface area (Å²) in [5.41, 5.74) is 0.708. The number of fused-ring (bicyclic) bond motifs is 3. The SMILES string of the molecule is C=CCN1C(=O)[C@@]2(O[C@@H](CCn3cc(CCO)nn3)[C@H](C(C)(C)O)[C@H]2C)c2cc(N3C(=O)COc4ccccc43)ccc21. The van der Waals surface area contributed by atoms with Crippen molar-refractivity contribution in [3.63, 3.8) is 0 Å². The molecule has 11 nitrogen and oxygen atoms in total. The number of aliphatic hydroxyl groups excluding tert-OH is 1. The van der Waals surface area contributed by atoms with Crippen molar-refractivity contribution in [1.82, 2.24) is 15.0 Å². The summed E-state index contributed by atoms with van der Waals surface area (Å²) in [6.45, 7) is 9.95. The second kappa shape index (κ2) is 10.9. The van der Waals surface area contributed by atoms with Crippen molar-refractivity contribution in [3.05, 3.63) is 72.6 Å². The van der Waals surface area contributed by atoms with Crippen molar-refractivity contribution in [2.75, 3.05) is 29.6 Å². The van der Waals surface area contributed by atoms with E-state index in [-0.39, 0.29) is 31.6 Å². The number of hydrogen-bond acceptors (Lipinski definition) is 8. The lowest BCUT2D eigenvalue weighted by Gasteiger charge is -2.34. The van der Waals surface area contributed by atoms with E-state index in [1.54, 1.807) is 40.6 Å². The van der Waals surface area contributed by atoms with Crippen molar-refractivity contribution < 1.29 is 29.3 Å². The molecule has 43 heavy (non-hydrogen) atoms. The van der Waals surface area contributed by atoms with Gasteiger partial charge in [-0.1, -0.05) is 30.3 Å². The van der Waals surface area contributed by atoms with Crippen LogP contribution in [-0.2, 0) is 32.9 Å². The maximum absolute atomic E-state index is 14.4. The third kappa shape index (κ3) is 4.72. The summed E-state index contributed by atoms with van der Waals surface area (Å²) in [6, 6.07) is 12.9. The predicted molar refractivity (Wildman–Crippen MR) is 159 cm³/mol. The van der Waals surface area contributed by atoms with Gasteiger partial charge in [-0.2, -0.15) is 0 Å². The van der Waals surface area contributed by atoms with Gasteiger partial charge in [0.1, 0.15) is 5.75 Å². The van der Waals surface area contributed by atoms with Gasteiger partial charge >= 0.3 is 0 Å². The predicted octanol–water partition coefficient (Wildman–Crippen LogP) is 3.11. The molecule has 1 spiro atoms. The lowest BCUT2D eigenvalue weighted by Crippen LogP contribution is -2.46. The summed E-state index contributed by atoms with van der Waals surface area (Å²) in [6.07, 6.45) is 3.86. The Hall–Kier alpha value is -4.06. The maximum Gasteiger partial charge on any atom is 0.269 e. The molecule has 2 aromatic carbocycles. The first-order valence-corrected chi connectivity index (χ1v) is 14.6. The smallest absolute Gasteiger partial charge is 0.269 e. The van der Waals surface area contributed by atoms with Crippen LogP contribution in [0.2, 0.25) is 0 Å². The standard InChI is InChI=1S/C32H37N5O6/c1-5-14-36-24-11-10-22(37-25-8-6-7-9-26(25)42-19-28(37)39)17-23(24)32(30(36)40)20(2)29(31(3,4)41)27(43-32)12-15-35-18-21(13-16-38)33-34-35/h5-11,17-18,20,27,29,38,41H,1,12-16,19H2,2-4H3/t20-,27+,29-,32+/m1/s1. The molecule has 0 bridgehead atoms. The minimum absolute atomic E-state index is 0.0163. The van der Waals surface area contributed by atoms with Crippen LogP contribution in [0.15, 0.2) is 61.3 Å². The fraction of sp³-hybridized carbons (Fsp3) is 0.438. The van der Waals surface area contributed by atoms with Crippen molar-refractivity contribution in [2.24, 2.45) is 11.8 Å². The summed E-state index contributed by atoms with van der Waals surface area (Å²) < 4.78 is 14.2. The third-order valence-corrected chi connectivity index (χ3v) is 8.84. The van der Waals surface area contributed by atoms with Gasteiger partial charge in [0.15, 0.2) is 12.2 Å². The van der Waals surface area contributed by atoms with E-state index in [9.17, 15) is 19.8 Å².